The molecule has 9 nitrogen and oxygen atoms in total. The van der Waals surface area contributed by atoms with E-state index in [4.69, 9.17) is 5.11 Å². The van der Waals surface area contributed by atoms with Crippen LogP contribution in [0, 0.1) is 17.2 Å². The number of nitriles is 1. The maximum atomic E-state index is 12.7. The third-order valence-corrected chi connectivity index (χ3v) is 8.24. The molecule has 0 fully saturated rings. The largest absolute Gasteiger partial charge is 0.478 e. The first kappa shape index (κ1) is 26.9. The number of carboxylic acids is 2. The Bertz CT molecular complexity index is 1490. The number of hydrogen-bond acceptors (Lipinski definition) is 7. The van der Waals surface area contributed by atoms with E-state index >= 15 is 0 Å². The van der Waals surface area contributed by atoms with Crippen molar-refractivity contribution in [2.45, 2.75) is 31.1 Å². The van der Waals surface area contributed by atoms with Crippen LogP contribution < -0.4 is 10.6 Å². The zero-order valence-corrected chi connectivity index (χ0v) is 21.9. The van der Waals surface area contributed by atoms with Crippen LogP contribution in [0.3, 0.4) is 0 Å². The molecule has 38 heavy (non-hydrogen) atoms. The van der Waals surface area contributed by atoms with Crippen LogP contribution in [-0.4, -0.2) is 39.7 Å². The Morgan fingerprint density at radius 1 is 1.08 bits per heavy atom. The monoisotopic (exact) mass is 549 g/mol. The van der Waals surface area contributed by atoms with Gasteiger partial charge in [-0.05, 0) is 67.1 Å². The van der Waals surface area contributed by atoms with E-state index in [2.05, 4.69) is 23.6 Å². The fourth-order valence-electron chi connectivity index (χ4n) is 4.18. The number of fused-ring (bicyclic) bond motifs is 1. The second-order valence-electron chi connectivity index (χ2n) is 8.86. The topological polar surface area (TPSA) is 157 Å². The highest BCUT2D eigenvalue weighted by Gasteiger charge is 2.25. The molecule has 1 aliphatic carbocycles. The average Bonchev–Trinajstić information content (AvgIpc) is 3.22. The number of thiophene rings is 1. The number of amides is 2. The van der Waals surface area contributed by atoms with Gasteiger partial charge in [0.05, 0.1) is 28.0 Å². The van der Waals surface area contributed by atoms with Crippen molar-refractivity contribution in [2.75, 3.05) is 16.4 Å². The van der Waals surface area contributed by atoms with E-state index in [1.807, 2.05) is 0 Å². The molecule has 3 aromatic rings. The van der Waals surface area contributed by atoms with Gasteiger partial charge in [-0.2, -0.15) is 5.26 Å². The van der Waals surface area contributed by atoms with Crippen molar-refractivity contribution in [1.82, 2.24) is 0 Å². The van der Waals surface area contributed by atoms with Crippen LogP contribution in [0.25, 0.3) is 0 Å². The molecule has 0 spiro atoms. The van der Waals surface area contributed by atoms with Gasteiger partial charge >= 0.3 is 11.9 Å². The minimum absolute atomic E-state index is 0.0844. The van der Waals surface area contributed by atoms with Crippen molar-refractivity contribution in [3.05, 3.63) is 75.2 Å². The lowest BCUT2D eigenvalue weighted by molar-refractivity contribution is -0.113. The van der Waals surface area contributed by atoms with Crippen molar-refractivity contribution in [3.63, 3.8) is 0 Å². The predicted octanol–water partition coefficient (Wildman–Crippen LogP) is 5.12. The molecule has 4 N–H and O–H groups in total. The van der Waals surface area contributed by atoms with Crippen LogP contribution in [-0.2, 0) is 17.6 Å². The Kier molecular flexibility index (Phi) is 8.14. The zero-order chi connectivity index (χ0) is 27.4. The van der Waals surface area contributed by atoms with Gasteiger partial charge in [0.25, 0.3) is 5.91 Å². The maximum absolute atomic E-state index is 12.7. The first-order valence-electron chi connectivity index (χ1n) is 11.7. The van der Waals surface area contributed by atoms with Crippen LogP contribution in [0.15, 0.2) is 47.4 Å². The summed E-state index contributed by atoms with van der Waals surface area (Å²) in [7, 11) is 0. The first-order valence-corrected chi connectivity index (χ1v) is 13.5. The van der Waals surface area contributed by atoms with Crippen LogP contribution in [0.1, 0.15) is 60.4 Å². The lowest BCUT2D eigenvalue weighted by atomic mass is 9.89. The summed E-state index contributed by atoms with van der Waals surface area (Å²) in [5.41, 5.74) is 1.13. The molecule has 1 unspecified atom stereocenters. The standard InChI is InChI=1S/C27H23N3O6S2/c1-14-5-7-18-21(12-28)25(38-22(18)9-14)30-23(31)13-37-17-4-2-3-16(11-17)29-24(32)19-8-6-15(26(33)34)10-20(19)27(35)36/h2-4,6,8,10-11,14H,5,7,9,13H2,1H3,(H,29,32)(H,30,31)(H,33,34)(H,35,36). The second-order valence-corrected chi connectivity index (χ2v) is 11.0. The number of aromatic carboxylic acids is 2. The van der Waals surface area contributed by atoms with Gasteiger partial charge < -0.3 is 20.8 Å². The number of carbonyl (C=O) groups excluding carboxylic acids is 2. The Hall–Kier alpha value is -4.14. The molecular formula is C27H23N3O6S2. The molecular weight excluding hydrogens is 526 g/mol. The highest BCUT2D eigenvalue weighted by Crippen LogP contribution is 2.39. The molecule has 11 heteroatoms. The van der Waals surface area contributed by atoms with Gasteiger partial charge in [-0.1, -0.05) is 13.0 Å². The van der Waals surface area contributed by atoms with Crippen molar-refractivity contribution in [2.24, 2.45) is 5.92 Å². The summed E-state index contributed by atoms with van der Waals surface area (Å²) in [5.74, 6) is -3.04. The maximum Gasteiger partial charge on any atom is 0.336 e. The molecule has 0 bridgehead atoms. The van der Waals surface area contributed by atoms with Crippen molar-refractivity contribution in [3.8, 4) is 6.07 Å². The summed E-state index contributed by atoms with van der Waals surface area (Å²) in [5, 5.41) is 34.2. The summed E-state index contributed by atoms with van der Waals surface area (Å²) in [6.07, 6.45) is 2.78. The third kappa shape index (κ3) is 6.04. The second kappa shape index (κ2) is 11.5. The van der Waals surface area contributed by atoms with E-state index < -0.39 is 23.4 Å². The SMILES string of the molecule is CC1CCc2c(sc(NC(=O)CSc3cccc(NC(=O)c4ccc(C(=O)O)cc4C(=O)O)c3)c2C#N)C1. The molecule has 0 radical (unpaired) electrons. The number of carbonyl (C=O) groups is 4. The Morgan fingerprint density at radius 2 is 1.87 bits per heavy atom. The molecule has 194 valence electrons. The Labute approximate surface area is 226 Å². The molecule has 1 atom stereocenters. The lowest BCUT2D eigenvalue weighted by Crippen LogP contribution is -2.17. The summed E-state index contributed by atoms with van der Waals surface area (Å²) in [4.78, 5) is 50.0. The van der Waals surface area contributed by atoms with Crippen LogP contribution in [0.2, 0.25) is 0 Å². The van der Waals surface area contributed by atoms with Gasteiger partial charge in [-0.15, -0.1) is 23.1 Å². The lowest BCUT2D eigenvalue weighted by Gasteiger charge is -2.17. The van der Waals surface area contributed by atoms with Crippen LogP contribution in [0.5, 0.6) is 0 Å². The average molecular weight is 550 g/mol. The number of benzene rings is 2. The van der Waals surface area contributed by atoms with Gasteiger partial charge in [0.2, 0.25) is 5.91 Å². The number of hydrogen-bond donors (Lipinski definition) is 4. The minimum atomic E-state index is -1.42. The molecule has 0 saturated carbocycles. The normalized spacial score (nSPS) is 14.2. The Morgan fingerprint density at radius 3 is 2.58 bits per heavy atom. The zero-order valence-electron chi connectivity index (χ0n) is 20.2. The molecule has 2 aromatic carbocycles. The minimum Gasteiger partial charge on any atom is -0.478 e. The van der Waals surface area contributed by atoms with E-state index in [-0.39, 0.29) is 22.8 Å². The fraction of sp³-hybridized carbons (Fsp3) is 0.222. The van der Waals surface area contributed by atoms with Crippen LogP contribution in [0.4, 0.5) is 10.7 Å². The molecule has 1 aliphatic rings. The fourth-order valence-corrected chi connectivity index (χ4v) is 6.32. The summed E-state index contributed by atoms with van der Waals surface area (Å²) >= 11 is 2.71. The van der Waals surface area contributed by atoms with Gasteiger partial charge in [0.1, 0.15) is 11.1 Å². The van der Waals surface area contributed by atoms with Gasteiger partial charge in [0.15, 0.2) is 0 Å². The summed E-state index contributed by atoms with van der Waals surface area (Å²) in [6, 6.07) is 12.2. The number of carboxylic acid groups (broad SMARTS) is 2. The van der Waals surface area contributed by atoms with E-state index in [0.717, 1.165) is 47.9 Å². The summed E-state index contributed by atoms with van der Waals surface area (Å²) < 4.78 is 0. The number of anilines is 2. The molecule has 4 rings (SSSR count). The Balaban J connectivity index is 1.41. The van der Waals surface area contributed by atoms with Gasteiger partial charge in [-0.3, -0.25) is 9.59 Å². The van der Waals surface area contributed by atoms with Crippen molar-refractivity contribution >= 4 is 57.5 Å². The van der Waals surface area contributed by atoms with Crippen molar-refractivity contribution in [1.29, 1.82) is 5.26 Å². The van der Waals surface area contributed by atoms with Gasteiger partial charge in [0, 0.05) is 15.5 Å². The highest BCUT2D eigenvalue weighted by molar-refractivity contribution is 8.00. The molecule has 1 heterocycles. The number of thioether (sulfide) groups is 1. The molecule has 2 amide bonds. The number of nitrogens with zero attached hydrogens (tertiary/aromatic N) is 1. The highest BCUT2D eigenvalue weighted by atomic mass is 32.2. The quantitative estimate of drug-likeness (QED) is 0.282. The molecule has 1 aromatic heterocycles. The molecule has 0 saturated heterocycles. The summed E-state index contributed by atoms with van der Waals surface area (Å²) in [6.45, 7) is 2.18. The van der Waals surface area contributed by atoms with Gasteiger partial charge in [-0.25, -0.2) is 9.59 Å². The molecule has 0 aliphatic heterocycles. The van der Waals surface area contributed by atoms with Crippen molar-refractivity contribution < 1.29 is 29.4 Å². The van der Waals surface area contributed by atoms with E-state index in [1.165, 1.54) is 23.1 Å². The van der Waals surface area contributed by atoms with Crippen LogP contribution >= 0.6 is 23.1 Å². The third-order valence-electron chi connectivity index (χ3n) is 6.08. The van der Waals surface area contributed by atoms with E-state index in [9.17, 15) is 29.5 Å². The first-order chi connectivity index (χ1) is 18.2. The number of nitrogens with one attached hydrogen (secondary N) is 2. The van der Waals surface area contributed by atoms with E-state index in [0.29, 0.717) is 27.1 Å². The van der Waals surface area contributed by atoms with E-state index in [1.54, 1.807) is 24.3 Å². The number of rotatable bonds is 8. The smallest absolute Gasteiger partial charge is 0.336 e. The predicted molar refractivity (Wildman–Crippen MR) is 144 cm³/mol.